The lowest BCUT2D eigenvalue weighted by molar-refractivity contribution is 0.102. The summed E-state index contributed by atoms with van der Waals surface area (Å²) in [4.78, 5) is 16.0. The molecule has 1 amide bonds. The molecule has 0 radical (unpaired) electrons. The Labute approximate surface area is 120 Å². The van der Waals surface area contributed by atoms with Crippen LogP contribution in [0.25, 0.3) is 0 Å². The molecule has 0 aliphatic rings. The second kappa shape index (κ2) is 6.02. The molecule has 1 aromatic carbocycles. The van der Waals surface area contributed by atoms with Crippen LogP contribution in [-0.4, -0.2) is 10.9 Å². The zero-order chi connectivity index (χ0) is 14.5. The van der Waals surface area contributed by atoms with Crippen molar-refractivity contribution < 1.29 is 4.79 Å². The maximum Gasteiger partial charge on any atom is 0.257 e. The quantitative estimate of drug-likeness (QED) is 0.593. The Morgan fingerprint density at radius 2 is 2.20 bits per heavy atom. The van der Waals surface area contributed by atoms with Gasteiger partial charge in [0.05, 0.1) is 28.0 Å². The number of nitrogens with two attached hydrogens (primary N) is 1. The van der Waals surface area contributed by atoms with Crippen LogP contribution in [0.3, 0.4) is 0 Å². The van der Waals surface area contributed by atoms with Crippen molar-refractivity contribution in [2.45, 2.75) is 0 Å². The summed E-state index contributed by atoms with van der Waals surface area (Å²) in [5.41, 5.74) is 3.99. The van der Waals surface area contributed by atoms with Crippen LogP contribution in [0.1, 0.15) is 15.9 Å². The molecule has 0 aliphatic carbocycles. The lowest BCUT2D eigenvalue weighted by Crippen LogP contribution is -2.17. The number of hydrogen-bond acceptors (Lipinski definition) is 5. The number of benzene rings is 1. The number of anilines is 2. The van der Waals surface area contributed by atoms with E-state index in [1.54, 1.807) is 6.07 Å². The number of nitrogens with one attached hydrogen (secondary N) is 2. The molecular weight excluding hydrogens is 278 g/mol. The summed E-state index contributed by atoms with van der Waals surface area (Å²) in [7, 11) is 0. The van der Waals surface area contributed by atoms with Gasteiger partial charge in [0, 0.05) is 11.9 Å². The first-order valence-electron chi connectivity index (χ1n) is 5.57. The SMILES string of the molecule is N#Cc1ccc(NC(=O)c2ccncc2NN)cc1Cl. The van der Waals surface area contributed by atoms with Crippen molar-refractivity contribution in [3.8, 4) is 6.07 Å². The van der Waals surface area contributed by atoms with Crippen LogP contribution in [0.5, 0.6) is 0 Å². The Kier molecular flexibility index (Phi) is 4.15. The highest BCUT2D eigenvalue weighted by Gasteiger charge is 2.11. The van der Waals surface area contributed by atoms with Crippen LogP contribution in [0.4, 0.5) is 11.4 Å². The molecule has 0 saturated carbocycles. The number of pyridine rings is 1. The van der Waals surface area contributed by atoms with E-state index in [0.717, 1.165) is 0 Å². The number of nitrogens with zero attached hydrogens (tertiary/aromatic N) is 2. The maximum atomic E-state index is 12.1. The van der Waals surface area contributed by atoms with Crippen LogP contribution in [0.15, 0.2) is 36.7 Å². The molecule has 7 heteroatoms. The summed E-state index contributed by atoms with van der Waals surface area (Å²) in [6.45, 7) is 0. The summed E-state index contributed by atoms with van der Waals surface area (Å²) in [6, 6.07) is 8.12. The van der Waals surface area contributed by atoms with E-state index in [2.05, 4.69) is 15.7 Å². The number of hydrogen-bond donors (Lipinski definition) is 3. The van der Waals surface area contributed by atoms with E-state index in [1.165, 1.54) is 30.6 Å². The Hall–Kier alpha value is -2.62. The van der Waals surface area contributed by atoms with Gasteiger partial charge in [-0.25, -0.2) is 0 Å². The first-order valence-corrected chi connectivity index (χ1v) is 5.95. The smallest absolute Gasteiger partial charge is 0.257 e. The highest BCUT2D eigenvalue weighted by Crippen LogP contribution is 2.21. The number of carbonyl (C=O) groups excluding carboxylic acids is 1. The molecule has 1 aromatic heterocycles. The lowest BCUT2D eigenvalue weighted by atomic mass is 10.2. The van der Waals surface area contributed by atoms with E-state index in [4.69, 9.17) is 22.7 Å². The summed E-state index contributed by atoms with van der Waals surface area (Å²) < 4.78 is 0. The van der Waals surface area contributed by atoms with E-state index in [1.807, 2.05) is 6.07 Å². The fraction of sp³-hybridized carbons (Fsp3) is 0. The first-order chi connectivity index (χ1) is 9.65. The lowest BCUT2D eigenvalue weighted by Gasteiger charge is -2.09. The van der Waals surface area contributed by atoms with Crippen molar-refractivity contribution in [2.24, 2.45) is 5.84 Å². The molecule has 0 unspecified atom stereocenters. The van der Waals surface area contributed by atoms with E-state index >= 15 is 0 Å². The fourth-order valence-corrected chi connectivity index (χ4v) is 1.81. The minimum absolute atomic E-state index is 0.275. The number of halogens is 1. The average molecular weight is 288 g/mol. The summed E-state index contributed by atoms with van der Waals surface area (Å²) >= 11 is 5.90. The molecular formula is C13H10ClN5O. The standard InChI is InChI=1S/C13H10ClN5O/c14-11-5-9(2-1-8(11)6-15)18-13(20)10-3-4-17-7-12(10)19-16/h1-5,7,19H,16H2,(H,18,20). The second-order valence-corrected chi connectivity index (χ2v) is 4.23. The van der Waals surface area contributed by atoms with Crippen LogP contribution in [0.2, 0.25) is 5.02 Å². The van der Waals surface area contributed by atoms with Gasteiger partial charge in [0.15, 0.2) is 0 Å². The molecule has 6 nitrogen and oxygen atoms in total. The monoisotopic (exact) mass is 287 g/mol. The Balaban J connectivity index is 2.24. The Morgan fingerprint density at radius 1 is 1.40 bits per heavy atom. The van der Waals surface area contributed by atoms with Gasteiger partial charge in [-0.3, -0.25) is 15.6 Å². The topological polar surface area (TPSA) is 104 Å². The van der Waals surface area contributed by atoms with E-state index in [9.17, 15) is 4.79 Å². The van der Waals surface area contributed by atoms with Gasteiger partial charge < -0.3 is 10.7 Å². The normalized spacial score (nSPS) is 9.65. The van der Waals surface area contributed by atoms with Gasteiger partial charge in [-0.05, 0) is 24.3 Å². The number of aromatic nitrogens is 1. The van der Waals surface area contributed by atoms with Gasteiger partial charge in [0.25, 0.3) is 5.91 Å². The molecule has 0 saturated heterocycles. The summed E-state index contributed by atoms with van der Waals surface area (Å²) in [6.07, 6.45) is 2.93. The maximum absolute atomic E-state index is 12.1. The molecule has 100 valence electrons. The fourth-order valence-electron chi connectivity index (χ4n) is 1.59. The average Bonchev–Trinajstić information content (AvgIpc) is 2.47. The molecule has 2 aromatic rings. The van der Waals surface area contributed by atoms with Gasteiger partial charge in [0.2, 0.25) is 0 Å². The molecule has 0 fully saturated rings. The minimum Gasteiger partial charge on any atom is -0.322 e. The number of nitrogen functional groups attached to an aromatic ring is 1. The van der Waals surface area contributed by atoms with Crippen LogP contribution in [-0.2, 0) is 0 Å². The zero-order valence-corrected chi connectivity index (χ0v) is 11.0. The molecule has 4 N–H and O–H groups in total. The van der Waals surface area contributed by atoms with Crippen LogP contribution < -0.4 is 16.6 Å². The van der Waals surface area contributed by atoms with Gasteiger partial charge >= 0.3 is 0 Å². The highest BCUT2D eigenvalue weighted by atomic mass is 35.5. The number of carbonyl (C=O) groups is 1. The summed E-state index contributed by atoms with van der Waals surface area (Å²) in [5, 5.41) is 11.7. The number of amides is 1. The van der Waals surface area contributed by atoms with E-state index < -0.39 is 0 Å². The van der Waals surface area contributed by atoms with Crippen molar-refractivity contribution in [1.82, 2.24) is 4.98 Å². The molecule has 0 atom stereocenters. The van der Waals surface area contributed by atoms with Crippen molar-refractivity contribution in [3.63, 3.8) is 0 Å². The van der Waals surface area contributed by atoms with Gasteiger partial charge in [-0.15, -0.1) is 0 Å². The van der Waals surface area contributed by atoms with Gasteiger partial charge in [-0.1, -0.05) is 11.6 Å². The van der Waals surface area contributed by atoms with Gasteiger partial charge in [-0.2, -0.15) is 5.26 Å². The molecule has 1 heterocycles. The third-order valence-corrected chi connectivity index (χ3v) is 2.88. The van der Waals surface area contributed by atoms with Crippen molar-refractivity contribution >= 4 is 28.9 Å². The number of nitriles is 1. The minimum atomic E-state index is -0.360. The molecule has 2 rings (SSSR count). The van der Waals surface area contributed by atoms with E-state index in [-0.39, 0.29) is 10.9 Å². The summed E-state index contributed by atoms with van der Waals surface area (Å²) in [5.74, 6) is 4.96. The van der Waals surface area contributed by atoms with Crippen molar-refractivity contribution in [2.75, 3.05) is 10.7 Å². The number of hydrazine groups is 1. The zero-order valence-electron chi connectivity index (χ0n) is 10.2. The van der Waals surface area contributed by atoms with Crippen molar-refractivity contribution in [1.29, 1.82) is 5.26 Å². The predicted molar refractivity (Wildman–Crippen MR) is 76.2 cm³/mol. The largest absolute Gasteiger partial charge is 0.322 e. The second-order valence-electron chi connectivity index (χ2n) is 3.83. The van der Waals surface area contributed by atoms with Crippen LogP contribution >= 0.6 is 11.6 Å². The third-order valence-electron chi connectivity index (χ3n) is 2.57. The molecule has 20 heavy (non-hydrogen) atoms. The van der Waals surface area contributed by atoms with Crippen molar-refractivity contribution in [3.05, 3.63) is 52.8 Å². The molecule has 0 bridgehead atoms. The Morgan fingerprint density at radius 3 is 2.85 bits per heavy atom. The predicted octanol–water partition coefficient (Wildman–Crippen LogP) is 2.14. The Bertz CT molecular complexity index is 695. The van der Waals surface area contributed by atoms with Gasteiger partial charge in [0.1, 0.15) is 6.07 Å². The first kappa shape index (κ1) is 13.8. The molecule has 0 aliphatic heterocycles. The highest BCUT2D eigenvalue weighted by molar-refractivity contribution is 6.32. The molecule has 0 spiro atoms. The third kappa shape index (κ3) is 2.85. The van der Waals surface area contributed by atoms with Crippen LogP contribution in [0, 0.1) is 11.3 Å². The van der Waals surface area contributed by atoms with E-state index in [0.29, 0.717) is 22.5 Å². The number of rotatable bonds is 3.